The van der Waals surface area contributed by atoms with Gasteiger partial charge in [0.05, 0.1) is 5.88 Å². The number of rotatable bonds is 3. The van der Waals surface area contributed by atoms with E-state index in [-0.39, 0.29) is 5.88 Å². The molecule has 0 aliphatic carbocycles. The van der Waals surface area contributed by atoms with Gasteiger partial charge in [0.1, 0.15) is 5.75 Å². The number of carbonyl (C=O) groups excluding carboxylic acids is 1. The van der Waals surface area contributed by atoms with Gasteiger partial charge in [-0.25, -0.2) is 13.6 Å². The molecule has 0 bridgehead atoms. The average molecular weight is 172 g/mol. The first kappa shape index (κ1) is 8.87. The smallest absolute Gasteiger partial charge is 0.216 e. The van der Waals surface area contributed by atoms with Crippen molar-refractivity contribution in [2.75, 3.05) is 11.6 Å². The van der Waals surface area contributed by atoms with Crippen LogP contribution < -0.4 is 5.14 Å². The molecule has 54 valence electrons. The van der Waals surface area contributed by atoms with Gasteiger partial charge in [0.2, 0.25) is 10.0 Å². The van der Waals surface area contributed by atoms with Gasteiger partial charge in [-0.3, -0.25) is 4.79 Å². The molecular formula is C3H6ClNO3S. The first-order valence-corrected chi connectivity index (χ1v) is 4.29. The van der Waals surface area contributed by atoms with Gasteiger partial charge in [-0.1, -0.05) is 0 Å². The highest BCUT2D eigenvalue weighted by Gasteiger charge is 2.08. The second kappa shape index (κ2) is 3.14. The molecule has 0 unspecified atom stereocenters. The van der Waals surface area contributed by atoms with Crippen molar-refractivity contribution in [2.45, 2.75) is 0 Å². The molecule has 0 radical (unpaired) electrons. The number of hydrogen-bond donors (Lipinski definition) is 1. The molecule has 0 atom stereocenters. The lowest BCUT2D eigenvalue weighted by molar-refractivity contribution is -0.114. The monoisotopic (exact) mass is 171 g/mol. The van der Waals surface area contributed by atoms with Crippen LogP contribution in [0.25, 0.3) is 0 Å². The molecule has 0 spiro atoms. The molecule has 6 heteroatoms. The van der Waals surface area contributed by atoms with Crippen molar-refractivity contribution in [3.05, 3.63) is 0 Å². The van der Waals surface area contributed by atoms with E-state index in [1.807, 2.05) is 0 Å². The van der Waals surface area contributed by atoms with Crippen molar-refractivity contribution in [2.24, 2.45) is 5.14 Å². The summed E-state index contributed by atoms with van der Waals surface area (Å²) in [5.41, 5.74) is 0. The lowest BCUT2D eigenvalue weighted by Crippen LogP contribution is -2.23. The quantitative estimate of drug-likeness (QED) is 0.558. The van der Waals surface area contributed by atoms with Crippen LogP contribution in [0.15, 0.2) is 0 Å². The standard InChI is InChI=1S/C3H6ClNO3S/c4-1-3(6)2-9(5,7)8/h1-2H2,(H2,5,7,8). The zero-order chi connectivity index (χ0) is 7.49. The summed E-state index contributed by atoms with van der Waals surface area (Å²) in [5, 5.41) is 4.50. The highest BCUT2D eigenvalue weighted by atomic mass is 35.5. The van der Waals surface area contributed by atoms with Gasteiger partial charge in [0.25, 0.3) is 0 Å². The molecule has 0 amide bonds. The van der Waals surface area contributed by atoms with Gasteiger partial charge in [0, 0.05) is 0 Å². The molecule has 0 aliphatic rings. The second-order valence-corrected chi connectivity index (χ2v) is 3.36. The van der Waals surface area contributed by atoms with Crippen LogP contribution >= 0.6 is 11.6 Å². The number of halogens is 1. The zero-order valence-electron chi connectivity index (χ0n) is 4.50. The minimum Gasteiger partial charge on any atom is -0.297 e. The summed E-state index contributed by atoms with van der Waals surface area (Å²) in [6.45, 7) is 0. The van der Waals surface area contributed by atoms with Crippen LogP contribution in [0.1, 0.15) is 0 Å². The molecule has 0 rings (SSSR count). The molecule has 0 saturated carbocycles. The molecule has 4 nitrogen and oxygen atoms in total. The number of ketones is 1. The van der Waals surface area contributed by atoms with E-state index < -0.39 is 21.6 Å². The van der Waals surface area contributed by atoms with Gasteiger partial charge < -0.3 is 0 Å². The fourth-order valence-electron chi connectivity index (χ4n) is 0.263. The van der Waals surface area contributed by atoms with Crippen molar-refractivity contribution >= 4 is 27.4 Å². The first-order valence-electron chi connectivity index (χ1n) is 2.04. The number of alkyl halides is 1. The predicted molar refractivity (Wildman–Crippen MR) is 33.7 cm³/mol. The number of hydrogen-bond acceptors (Lipinski definition) is 3. The Morgan fingerprint density at radius 2 is 2.00 bits per heavy atom. The molecule has 0 aliphatic heterocycles. The van der Waals surface area contributed by atoms with Gasteiger partial charge >= 0.3 is 0 Å². The number of sulfonamides is 1. The normalized spacial score (nSPS) is 11.3. The fraction of sp³-hybridized carbons (Fsp3) is 0.667. The molecule has 9 heavy (non-hydrogen) atoms. The molecular weight excluding hydrogens is 166 g/mol. The summed E-state index contributed by atoms with van der Waals surface area (Å²) in [6.07, 6.45) is 0. The number of Topliss-reactive ketones (excluding diaryl/α,β-unsaturated/α-hetero) is 1. The summed E-state index contributed by atoms with van der Waals surface area (Å²) in [4.78, 5) is 10.2. The lowest BCUT2D eigenvalue weighted by atomic mass is 10.5. The van der Waals surface area contributed by atoms with Crippen molar-refractivity contribution in [3.63, 3.8) is 0 Å². The third-order valence-corrected chi connectivity index (χ3v) is 1.53. The van der Waals surface area contributed by atoms with E-state index in [1.165, 1.54) is 0 Å². The molecule has 0 saturated heterocycles. The highest BCUT2D eigenvalue weighted by Crippen LogP contribution is 1.83. The SMILES string of the molecule is NS(=O)(=O)CC(=O)CCl. The summed E-state index contributed by atoms with van der Waals surface area (Å²) in [7, 11) is -3.67. The average Bonchev–Trinajstić information content (AvgIpc) is 1.62. The molecule has 0 heterocycles. The van der Waals surface area contributed by atoms with Gasteiger partial charge in [-0.2, -0.15) is 0 Å². The molecule has 0 aromatic carbocycles. The fourth-order valence-corrected chi connectivity index (χ4v) is 1.02. The van der Waals surface area contributed by atoms with E-state index in [0.29, 0.717) is 0 Å². The minimum absolute atomic E-state index is 0.309. The molecule has 0 fully saturated rings. The van der Waals surface area contributed by atoms with E-state index in [4.69, 9.17) is 11.6 Å². The molecule has 2 N–H and O–H groups in total. The minimum atomic E-state index is -3.67. The zero-order valence-corrected chi connectivity index (χ0v) is 6.07. The number of primary sulfonamides is 1. The van der Waals surface area contributed by atoms with E-state index >= 15 is 0 Å². The Bertz CT molecular complexity index is 197. The van der Waals surface area contributed by atoms with Crippen molar-refractivity contribution in [1.29, 1.82) is 0 Å². The highest BCUT2D eigenvalue weighted by molar-refractivity contribution is 7.89. The van der Waals surface area contributed by atoms with Crippen molar-refractivity contribution in [3.8, 4) is 0 Å². The third kappa shape index (κ3) is 5.75. The first-order chi connectivity index (χ1) is 3.95. The van der Waals surface area contributed by atoms with Gasteiger partial charge in [0.15, 0.2) is 5.78 Å². The maximum atomic E-state index is 10.2. The maximum absolute atomic E-state index is 10.2. The summed E-state index contributed by atoms with van der Waals surface area (Å²) >= 11 is 4.99. The Morgan fingerprint density at radius 3 is 2.11 bits per heavy atom. The predicted octanol–water partition coefficient (Wildman–Crippen LogP) is -0.917. The topological polar surface area (TPSA) is 77.2 Å². The van der Waals surface area contributed by atoms with Crippen LogP contribution in [-0.2, 0) is 14.8 Å². The summed E-state index contributed by atoms with van der Waals surface area (Å²) < 4.78 is 20.2. The molecule has 0 aromatic heterocycles. The van der Waals surface area contributed by atoms with Crippen LogP contribution in [0.3, 0.4) is 0 Å². The Kier molecular flexibility index (Phi) is 3.10. The lowest BCUT2D eigenvalue weighted by Gasteiger charge is -1.90. The second-order valence-electron chi connectivity index (χ2n) is 1.48. The summed E-state index contributed by atoms with van der Waals surface area (Å²) in [6, 6.07) is 0. The Morgan fingerprint density at radius 1 is 1.56 bits per heavy atom. The van der Waals surface area contributed by atoms with Gasteiger partial charge in [-0.15, -0.1) is 11.6 Å². The maximum Gasteiger partial charge on any atom is 0.216 e. The van der Waals surface area contributed by atoms with Crippen LogP contribution in [0.4, 0.5) is 0 Å². The van der Waals surface area contributed by atoms with E-state index in [9.17, 15) is 13.2 Å². The van der Waals surface area contributed by atoms with Crippen molar-refractivity contribution < 1.29 is 13.2 Å². The summed E-state index contributed by atoms with van der Waals surface area (Å²) in [5.74, 6) is -1.56. The number of carbonyl (C=O) groups is 1. The largest absolute Gasteiger partial charge is 0.297 e. The van der Waals surface area contributed by atoms with E-state index in [0.717, 1.165) is 0 Å². The Balaban J connectivity index is 3.91. The van der Waals surface area contributed by atoms with Crippen LogP contribution in [-0.4, -0.2) is 25.8 Å². The van der Waals surface area contributed by atoms with Crippen LogP contribution in [0, 0.1) is 0 Å². The third-order valence-electron chi connectivity index (χ3n) is 0.511. The van der Waals surface area contributed by atoms with Crippen LogP contribution in [0.5, 0.6) is 0 Å². The Labute approximate surface area is 58.0 Å². The van der Waals surface area contributed by atoms with E-state index in [1.54, 1.807) is 0 Å². The van der Waals surface area contributed by atoms with Crippen molar-refractivity contribution in [1.82, 2.24) is 0 Å². The van der Waals surface area contributed by atoms with Gasteiger partial charge in [-0.05, 0) is 0 Å². The van der Waals surface area contributed by atoms with E-state index in [2.05, 4.69) is 5.14 Å². The molecule has 0 aromatic rings. The number of nitrogens with two attached hydrogens (primary N) is 1. The Hall–Kier alpha value is -0.130. The van der Waals surface area contributed by atoms with Crippen LogP contribution in [0.2, 0.25) is 0 Å².